The first-order chi connectivity index (χ1) is 10.2. The summed E-state index contributed by atoms with van der Waals surface area (Å²) in [6, 6.07) is 10.5. The van der Waals surface area contributed by atoms with Crippen LogP contribution >= 0.6 is 0 Å². The molecule has 0 aromatic heterocycles. The van der Waals surface area contributed by atoms with Gasteiger partial charge in [0.05, 0.1) is 5.92 Å². The van der Waals surface area contributed by atoms with E-state index in [1.165, 1.54) is 5.56 Å². The van der Waals surface area contributed by atoms with Gasteiger partial charge in [-0.1, -0.05) is 37.3 Å². The number of hydrogen-bond acceptors (Lipinski definition) is 3. The topological polar surface area (TPSA) is 44.4 Å². The third kappa shape index (κ3) is 5.14. The molecule has 0 aliphatic carbocycles. The minimum absolute atomic E-state index is 0.145. The average Bonchev–Trinajstić information content (AvgIpc) is 2.91. The minimum Gasteiger partial charge on any atom is -0.356 e. The fourth-order valence-electron chi connectivity index (χ4n) is 2.83. The standard InChI is InChI=1S/C17H27N3O/c1-14-11-18-12-16(14)17(21)19-9-6-10-20(2)13-15-7-4-3-5-8-15/h3-5,7-8,14,16,18H,6,9-13H2,1-2H3,(H,19,21)/t14-,16-/m1/s1. The fourth-order valence-corrected chi connectivity index (χ4v) is 2.83. The maximum Gasteiger partial charge on any atom is 0.224 e. The Morgan fingerprint density at radius 1 is 1.33 bits per heavy atom. The van der Waals surface area contributed by atoms with Crippen molar-refractivity contribution in [3.05, 3.63) is 35.9 Å². The van der Waals surface area contributed by atoms with Crippen molar-refractivity contribution in [1.82, 2.24) is 15.5 Å². The Morgan fingerprint density at radius 3 is 2.76 bits per heavy atom. The zero-order valence-electron chi connectivity index (χ0n) is 13.1. The van der Waals surface area contributed by atoms with Crippen molar-refractivity contribution < 1.29 is 4.79 Å². The molecule has 1 aromatic rings. The van der Waals surface area contributed by atoms with Crippen LogP contribution in [0.15, 0.2) is 30.3 Å². The van der Waals surface area contributed by atoms with Gasteiger partial charge in [-0.15, -0.1) is 0 Å². The molecule has 1 aromatic carbocycles. The molecule has 0 radical (unpaired) electrons. The lowest BCUT2D eigenvalue weighted by molar-refractivity contribution is -0.125. The summed E-state index contributed by atoms with van der Waals surface area (Å²) in [5.41, 5.74) is 1.33. The monoisotopic (exact) mass is 289 g/mol. The lowest BCUT2D eigenvalue weighted by Gasteiger charge is -2.18. The zero-order valence-corrected chi connectivity index (χ0v) is 13.1. The molecular formula is C17H27N3O. The second-order valence-corrected chi connectivity index (χ2v) is 6.11. The maximum atomic E-state index is 12.0. The highest BCUT2D eigenvalue weighted by Gasteiger charge is 2.28. The van der Waals surface area contributed by atoms with E-state index in [0.29, 0.717) is 5.92 Å². The molecule has 0 saturated carbocycles. The third-order valence-corrected chi connectivity index (χ3v) is 4.17. The molecule has 0 spiro atoms. The molecule has 2 rings (SSSR count). The number of carbonyl (C=O) groups excluding carboxylic acids is 1. The van der Waals surface area contributed by atoms with Crippen molar-refractivity contribution in [2.75, 3.05) is 33.2 Å². The highest BCUT2D eigenvalue weighted by atomic mass is 16.1. The molecule has 0 bridgehead atoms. The van der Waals surface area contributed by atoms with E-state index < -0.39 is 0 Å². The first kappa shape index (κ1) is 16.0. The van der Waals surface area contributed by atoms with Gasteiger partial charge in [-0.05, 0) is 38.0 Å². The van der Waals surface area contributed by atoms with Crippen molar-refractivity contribution in [1.29, 1.82) is 0 Å². The highest BCUT2D eigenvalue weighted by Crippen LogP contribution is 2.15. The van der Waals surface area contributed by atoms with Crippen LogP contribution in [0.2, 0.25) is 0 Å². The number of hydrogen-bond donors (Lipinski definition) is 2. The van der Waals surface area contributed by atoms with E-state index in [1.807, 2.05) is 6.07 Å². The number of nitrogens with zero attached hydrogens (tertiary/aromatic N) is 1. The van der Waals surface area contributed by atoms with E-state index in [1.54, 1.807) is 0 Å². The first-order valence-electron chi connectivity index (χ1n) is 7.87. The Labute approximate surface area is 127 Å². The van der Waals surface area contributed by atoms with Gasteiger partial charge in [0.2, 0.25) is 5.91 Å². The summed E-state index contributed by atoms with van der Waals surface area (Å²) < 4.78 is 0. The smallest absolute Gasteiger partial charge is 0.224 e. The second-order valence-electron chi connectivity index (χ2n) is 6.11. The molecule has 1 fully saturated rings. The maximum absolute atomic E-state index is 12.0. The normalized spacial score (nSPS) is 21.7. The van der Waals surface area contributed by atoms with Crippen LogP contribution in [-0.2, 0) is 11.3 Å². The predicted molar refractivity (Wildman–Crippen MR) is 85.9 cm³/mol. The molecule has 0 unspecified atom stereocenters. The van der Waals surface area contributed by atoms with Gasteiger partial charge in [0.25, 0.3) is 0 Å². The Balaban J connectivity index is 1.60. The van der Waals surface area contributed by atoms with Gasteiger partial charge in [-0.3, -0.25) is 4.79 Å². The van der Waals surface area contributed by atoms with Gasteiger partial charge in [-0.2, -0.15) is 0 Å². The van der Waals surface area contributed by atoms with E-state index in [-0.39, 0.29) is 11.8 Å². The lowest BCUT2D eigenvalue weighted by Crippen LogP contribution is -2.35. The van der Waals surface area contributed by atoms with Gasteiger partial charge >= 0.3 is 0 Å². The van der Waals surface area contributed by atoms with Crippen LogP contribution < -0.4 is 10.6 Å². The van der Waals surface area contributed by atoms with E-state index in [0.717, 1.165) is 39.1 Å². The third-order valence-electron chi connectivity index (χ3n) is 4.17. The van der Waals surface area contributed by atoms with Crippen molar-refractivity contribution >= 4 is 5.91 Å². The van der Waals surface area contributed by atoms with Crippen LogP contribution in [0.4, 0.5) is 0 Å². The summed E-state index contributed by atoms with van der Waals surface area (Å²) in [4.78, 5) is 14.3. The number of rotatable bonds is 7. The molecule has 1 saturated heterocycles. The van der Waals surface area contributed by atoms with Crippen LogP contribution in [0, 0.1) is 11.8 Å². The Morgan fingerprint density at radius 2 is 2.10 bits per heavy atom. The van der Waals surface area contributed by atoms with Gasteiger partial charge in [0.15, 0.2) is 0 Å². The van der Waals surface area contributed by atoms with E-state index in [9.17, 15) is 4.79 Å². The van der Waals surface area contributed by atoms with Gasteiger partial charge < -0.3 is 15.5 Å². The molecule has 4 nitrogen and oxygen atoms in total. The summed E-state index contributed by atoms with van der Waals surface area (Å²) in [6.45, 7) is 6.63. The van der Waals surface area contributed by atoms with Crippen molar-refractivity contribution in [3.63, 3.8) is 0 Å². The van der Waals surface area contributed by atoms with E-state index in [2.05, 4.69) is 53.8 Å². The number of nitrogens with one attached hydrogen (secondary N) is 2. The molecule has 1 heterocycles. The summed E-state index contributed by atoms with van der Waals surface area (Å²) in [6.07, 6.45) is 0.990. The summed E-state index contributed by atoms with van der Waals surface area (Å²) in [7, 11) is 2.12. The molecule has 2 N–H and O–H groups in total. The molecule has 2 atom stereocenters. The Kier molecular flexibility index (Phi) is 6.21. The van der Waals surface area contributed by atoms with E-state index in [4.69, 9.17) is 0 Å². The largest absolute Gasteiger partial charge is 0.356 e. The zero-order chi connectivity index (χ0) is 15.1. The summed E-state index contributed by atoms with van der Waals surface area (Å²) in [5, 5.41) is 6.34. The Hall–Kier alpha value is -1.39. The average molecular weight is 289 g/mol. The van der Waals surface area contributed by atoms with Crippen molar-refractivity contribution in [2.45, 2.75) is 19.9 Å². The lowest BCUT2D eigenvalue weighted by atomic mass is 9.97. The SMILES string of the molecule is C[C@@H]1CNC[C@H]1C(=O)NCCCN(C)Cc1ccccc1. The second kappa shape index (κ2) is 8.15. The van der Waals surface area contributed by atoms with Crippen LogP contribution in [0.5, 0.6) is 0 Å². The first-order valence-corrected chi connectivity index (χ1v) is 7.87. The van der Waals surface area contributed by atoms with Crippen molar-refractivity contribution in [2.24, 2.45) is 11.8 Å². The predicted octanol–water partition coefficient (Wildman–Crippen LogP) is 1.48. The van der Waals surface area contributed by atoms with Crippen LogP contribution in [0.25, 0.3) is 0 Å². The molecule has 1 aliphatic heterocycles. The van der Waals surface area contributed by atoms with Crippen molar-refractivity contribution in [3.8, 4) is 0 Å². The fraction of sp³-hybridized carbons (Fsp3) is 0.588. The van der Waals surface area contributed by atoms with Crippen LogP contribution in [0.1, 0.15) is 18.9 Å². The molecule has 1 aliphatic rings. The number of benzene rings is 1. The van der Waals surface area contributed by atoms with Gasteiger partial charge in [-0.25, -0.2) is 0 Å². The van der Waals surface area contributed by atoms with Gasteiger partial charge in [0.1, 0.15) is 0 Å². The molecular weight excluding hydrogens is 262 g/mol. The van der Waals surface area contributed by atoms with Gasteiger partial charge in [0, 0.05) is 19.6 Å². The molecule has 21 heavy (non-hydrogen) atoms. The molecule has 116 valence electrons. The molecule has 4 heteroatoms. The van der Waals surface area contributed by atoms with E-state index >= 15 is 0 Å². The highest BCUT2D eigenvalue weighted by molar-refractivity contribution is 5.79. The quantitative estimate of drug-likeness (QED) is 0.747. The van der Waals surface area contributed by atoms with Crippen LogP contribution in [-0.4, -0.2) is 44.0 Å². The minimum atomic E-state index is 0.145. The summed E-state index contributed by atoms with van der Waals surface area (Å²) in [5.74, 6) is 0.802. The number of amides is 1. The number of carbonyl (C=O) groups is 1. The molecule has 1 amide bonds. The van der Waals surface area contributed by atoms with Crippen LogP contribution in [0.3, 0.4) is 0 Å². The Bertz CT molecular complexity index is 435. The summed E-state index contributed by atoms with van der Waals surface area (Å²) >= 11 is 0.